The molecular formula is C15H19N5OS. The first-order valence-electron chi connectivity index (χ1n) is 7.44. The molecule has 1 amide bonds. The maximum atomic E-state index is 12.2. The highest BCUT2D eigenvalue weighted by atomic mass is 32.1. The van der Waals surface area contributed by atoms with Gasteiger partial charge in [-0.2, -0.15) is 5.10 Å². The van der Waals surface area contributed by atoms with Gasteiger partial charge in [0.05, 0.1) is 11.3 Å². The second-order valence-electron chi connectivity index (χ2n) is 5.64. The minimum absolute atomic E-state index is 0.0999. The van der Waals surface area contributed by atoms with Crippen molar-refractivity contribution in [3.8, 4) is 0 Å². The van der Waals surface area contributed by atoms with Crippen LogP contribution in [0, 0.1) is 18.6 Å². The Hall–Kier alpha value is -2.02. The maximum absolute atomic E-state index is 12.2. The lowest BCUT2D eigenvalue weighted by atomic mass is 10.1. The first kappa shape index (κ1) is 14.9. The standard InChI is InChI=1S/C15H19N5OS/c1-9-3-6-12(10(2)17-9)14(21)16-8-7-13-18-19-15(22)20(13)11-4-5-11/h3,6,11H,4-5,7-8H2,1-2H3,(H,16,21)(H,19,22). The first-order chi connectivity index (χ1) is 10.6. The summed E-state index contributed by atoms with van der Waals surface area (Å²) in [7, 11) is 0. The van der Waals surface area contributed by atoms with Crippen molar-refractivity contribution in [3.05, 3.63) is 39.7 Å². The Morgan fingerprint density at radius 3 is 2.91 bits per heavy atom. The van der Waals surface area contributed by atoms with Crippen molar-refractivity contribution in [2.45, 2.75) is 39.2 Å². The van der Waals surface area contributed by atoms with Crippen LogP contribution in [0.4, 0.5) is 0 Å². The van der Waals surface area contributed by atoms with E-state index in [0.717, 1.165) is 30.1 Å². The van der Waals surface area contributed by atoms with E-state index >= 15 is 0 Å². The molecular weight excluding hydrogens is 298 g/mol. The predicted octanol–water partition coefficient (Wildman–Crippen LogP) is 2.26. The number of carbonyl (C=O) groups excluding carboxylic acids is 1. The van der Waals surface area contributed by atoms with E-state index in [4.69, 9.17) is 12.2 Å². The minimum Gasteiger partial charge on any atom is -0.352 e. The zero-order valence-corrected chi connectivity index (χ0v) is 13.5. The van der Waals surface area contributed by atoms with Gasteiger partial charge in [0.2, 0.25) is 0 Å². The van der Waals surface area contributed by atoms with Gasteiger partial charge in [0.15, 0.2) is 4.77 Å². The lowest BCUT2D eigenvalue weighted by molar-refractivity contribution is 0.0953. The molecule has 0 bridgehead atoms. The number of amides is 1. The fourth-order valence-electron chi connectivity index (χ4n) is 2.53. The highest BCUT2D eigenvalue weighted by molar-refractivity contribution is 7.71. The van der Waals surface area contributed by atoms with Crippen LogP contribution in [0.5, 0.6) is 0 Å². The monoisotopic (exact) mass is 317 g/mol. The number of aromatic amines is 1. The topological polar surface area (TPSA) is 75.6 Å². The number of nitrogens with one attached hydrogen (secondary N) is 2. The molecule has 1 fully saturated rings. The minimum atomic E-state index is -0.0999. The molecule has 0 atom stereocenters. The molecule has 2 aromatic heterocycles. The lowest BCUT2D eigenvalue weighted by Gasteiger charge is -2.08. The number of hydrogen-bond acceptors (Lipinski definition) is 4. The van der Waals surface area contributed by atoms with Gasteiger partial charge in [-0.25, -0.2) is 0 Å². The maximum Gasteiger partial charge on any atom is 0.253 e. The molecule has 1 aliphatic rings. The van der Waals surface area contributed by atoms with Crippen LogP contribution in [0.15, 0.2) is 12.1 Å². The number of carbonyl (C=O) groups is 1. The van der Waals surface area contributed by atoms with Crippen molar-refractivity contribution in [2.24, 2.45) is 0 Å². The predicted molar refractivity (Wildman–Crippen MR) is 85.4 cm³/mol. The number of H-pyrrole nitrogens is 1. The van der Waals surface area contributed by atoms with E-state index in [0.29, 0.717) is 29.3 Å². The molecule has 2 heterocycles. The van der Waals surface area contributed by atoms with Crippen LogP contribution >= 0.6 is 12.2 Å². The van der Waals surface area contributed by atoms with Crippen molar-refractivity contribution in [1.29, 1.82) is 0 Å². The molecule has 1 saturated carbocycles. The zero-order chi connectivity index (χ0) is 15.7. The van der Waals surface area contributed by atoms with Crippen LogP contribution in [-0.2, 0) is 6.42 Å². The van der Waals surface area contributed by atoms with Crippen LogP contribution < -0.4 is 5.32 Å². The van der Waals surface area contributed by atoms with Gasteiger partial charge in [-0.15, -0.1) is 0 Å². The number of pyridine rings is 1. The molecule has 0 aliphatic heterocycles. The first-order valence-corrected chi connectivity index (χ1v) is 7.85. The summed E-state index contributed by atoms with van der Waals surface area (Å²) in [6, 6.07) is 4.15. The van der Waals surface area contributed by atoms with Crippen molar-refractivity contribution in [3.63, 3.8) is 0 Å². The van der Waals surface area contributed by atoms with Gasteiger partial charge in [0.1, 0.15) is 5.82 Å². The Kier molecular flexibility index (Phi) is 4.06. The Morgan fingerprint density at radius 2 is 2.23 bits per heavy atom. The fourth-order valence-corrected chi connectivity index (χ4v) is 2.83. The second kappa shape index (κ2) is 6.00. The smallest absolute Gasteiger partial charge is 0.253 e. The average Bonchev–Trinajstić information content (AvgIpc) is 3.23. The number of nitrogens with zero attached hydrogens (tertiary/aromatic N) is 3. The summed E-state index contributed by atoms with van der Waals surface area (Å²) < 4.78 is 2.74. The van der Waals surface area contributed by atoms with Gasteiger partial charge in [-0.1, -0.05) is 0 Å². The van der Waals surface area contributed by atoms with E-state index in [1.807, 2.05) is 26.0 Å². The molecule has 0 radical (unpaired) electrons. The van der Waals surface area contributed by atoms with E-state index in [1.165, 1.54) is 0 Å². The number of aromatic nitrogens is 4. The molecule has 3 rings (SSSR count). The highest BCUT2D eigenvalue weighted by Gasteiger charge is 2.27. The summed E-state index contributed by atoms with van der Waals surface area (Å²) in [5, 5.41) is 10.0. The van der Waals surface area contributed by atoms with E-state index in [2.05, 4.69) is 25.1 Å². The summed E-state index contributed by atoms with van der Waals surface area (Å²) in [5.41, 5.74) is 2.28. The van der Waals surface area contributed by atoms with Crippen LogP contribution in [0.25, 0.3) is 0 Å². The van der Waals surface area contributed by atoms with Crippen molar-refractivity contribution in [2.75, 3.05) is 6.54 Å². The van der Waals surface area contributed by atoms with Gasteiger partial charge in [0.25, 0.3) is 5.91 Å². The van der Waals surface area contributed by atoms with E-state index < -0.39 is 0 Å². The van der Waals surface area contributed by atoms with Crippen molar-refractivity contribution < 1.29 is 4.79 Å². The normalized spacial score (nSPS) is 14.1. The third kappa shape index (κ3) is 3.09. The molecule has 22 heavy (non-hydrogen) atoms. The molecule has 1 aliphatic carbocycles. The number of rotatable bonds is 5. The Morgan fingerprint density at radius 1 is 1.45 bits per heavy atom. The van der Waals surface area contributed by atoms with Crippen LogP contribution in [0.1, 0.15) is 46.5 Å². The molecule has 2 aromatic rings. The van der Waals surface area contributed by atoms with Gasteiger partial charge < -0.3 is 9.88 Å². The molecule has 2 N–H and O–H groups in total. The third-order valence-corrected chi connectivity index (χ3v) is 4.08. The zero-order valence-electron chi connectivity index (χ0n) is 12.7. The Labute approximate surface area is 134 Å². The van der Waals surface area contributed by atoms with E-state index in [1.54, 1.807) is 0 Å². The van der Waals surface area contributed by atoms with Crippen molar-refractivity contribution in [1.82, 2.24) is 25.1 Å². The van der Waals surface area contributed by atoms with Gasteiger partial charge in [0, 0.05) is 24.7 Å². The molecule has 7 heteroatoms. The Bertz CT molecular complexity index is 760. The SMILES string of the molecule is Cc1ccc(C(=O)NCCc2n[nH]c(=S)n2C2CC2)c(C)n1. The molecule has 0 unspecified atom stereocenters. The second-order valence-corrected chi connectivity index (χ2v) is 6.02. The molecule has 116 valence electrons. The van der Waals surface area contributed by atoms with Crippen LogP contribution in [-0.4, -0.2) is 32.2 Å². The quantitative estimate of drug-likeness (QED) is 0.830. The summed E-state index contributed by atoms with van der Waals surface area (Å²) >= 11 is 5.25. The van der Waals surface area contributed by atoms with Crippen molar-refractivity contribution >= 4 is 18.1 Å². The molecule has 0 aromatic carbocycles. The number of hydrogen-bond donors (Lipinski definition) is 2. The molecule has 6 nitrogen and oxygen atoms in total. The van der Waals surface area contributed by atoms with E-state index in [9.17, 15) is 4.79 Å². The average molecular weight is 317 g/mol. The van der Waals surface area contributed by atoms with Gasteiger partial charge in [-0.05, 0) is 51.0 Å². The van der Waals surface area contributed by atoms with E-state index in [-0.39, 0.29) is 5.91 Å². The van der Waals surface area contributed by atoms with Gasteiger partial charge >= 0.3 is 0 Å². The summed E-state index contributed by atoms with van der Waals surface area (Å²) in [5.74, 6) is 0.809. The Balaban J connectivity index is 1.61. The molecule has 0 spiro atoms. The summed E-state index contributed by atoms with van der Waals surface area (Å²) in [6.45, 7) is 4.29. The van der Waals surface area contributed by atoms with Crippen LogP contribution in [0.3, 0.4) is 0 Å². The van der Waals surface area contributed by atoms with Crippen LogP contribution in [0.2, 0.25) is 0 Å². The summed E-state index contributed by atoms with van der Waals surface area (Å²) in [4.78, 5) is 16.5. The third-order valence-electron chi connectivity index (χ3n) is 3.79. The molecule has 0 saturated heterocycles. The fraction of sp³-hybridized carbons (Fsp3) is 0.467. The summed E-state index contributed by atoms with van der Waals surface area (Å²) in [6.07, 6.45) is 2.97. The number of aryl methyl sites for hydroxylation is 2. The van der Waals surface area contributed by atoms with Gasteiger partial charge in [-0.3, -0.25) is 14.9 Å². The largest absolute Gasteiger partial charge is 0.352 e. The highest BCUT2D eigenvalue weighted by Crippen LogP contribution is 2.35. The lowest BCUT2D eigenvalue weighted by Crippen LogP contribution is -2.27.